The molecule has 0 aliphatic heterocycles. The van der Waals surface area contributed by atoms with Gasteiger partial charge in [-0.05, 0) is 43.5 Å². The summed E-state index contributed by atoms with van der Waals surface area (Å²) in [6, 6.07) is 3.38. The van der Waals surface area contributed by atoms with Gasteiger partial charge in [0.15, 0.2) is 0 Å². The monoisotopic (exact) mass is 272 g/mol. The SMILES string of the molecule is CC[C@@H](CO)NCC[C@@H](N)Cc1cc(F)cc(F)c1. The lowest BCUT2D eigenvalue weighted by atomic mass is 10.0. The highest BCUT2D eigenvalue weighted by Gasteiger charge is 2.08. The second-order valence-corrected chi connectivity index (χ2v) is 4.77. The van der Waals surface area contributed by atoms with E-state index in [1.54, 1.807) is 0 Å². The summed E-state index contributed by atoms with van der Waals surface area (Å²) < 4.78 is 26.0. The van der Waals surface area contributed by atoms with Crippen molar-refractivity contribution in [3.63, 3.8) is 0 Å². The van der Waals surface area contributed by atoms with Crippen LogP contribution in [0.3, 0.4) is 0 Å². The maximum absolute atomic E-state index is 13.0. The molecule has 0 saturated heterocycles. The van der Waals surface area contributed by atoms with E-state index < -0.39 is 11.6 Å². The maximum Gasteiger partial charge on any atom is 0.126 e. The van der Waals surface area contributed by atoms with Crippen molar-refractivity contribution >= 4 is 0 Å². The third kappa shape index (κ3) is 6.09. The summed E-state index contributed by atoms with van der Waals surface area (Å²) in [5.74, 6) is -1.15. The van der Waals surface area contributed by atoms with Crippen molar-refractivity contribution in [1.82, 2.24) is 5.32 Å². The van der Waals surface area contributed by atoms with Crippen molar-refractivity contribution in [3.05, 3.63) is 35.4 Å². The molecule has 0 amide bonds. The highest BCUT2D eigenvalue weighted by atomic mass is 19.1. The van der Waals surface area contributed by atoms with E-state index in [1.165, 1.54) is 12.1 Å². The quantitative estimate of drug-likeness (QED) is 0.673. The molecule has 5 heteroatoms. The molecule has 0 aliphatic carbocycles. The fourth-order valence-corrected chi connectivity index (χ4v) is 1.94. The Labute approximate surface area is 112 Å². The molecule has 4 N–H and O–H groups in total. The van der Waals surface area contributed by atoms with E-state index >= 15 is 0 Å². The molecular formula is C14H22F2N2O. The van der Waals surface area contributed by atoms with Crippen LogP contribution < -0.4 is 11.1 Å². The largest absolute Gasteiger partial charge is 0.395 e. The van der Waals surface area contributed by atoms with Crippen molar-refractivity contribution in [2.24, 2.45) is 5.73 Å². The third-order valence-corrected chi connectivity index (χ3v) is 3.08. The first-order chi connectivity index (χ1) is 9.05. The van der Waals surface area contributed by atoms with Crippen molar-refractivity contribution in [2.75, 3.05) is 13.2 Å². The van der Waals surface area contributed by atoms with Crippen LogP contribution in [-0.2, 0) is 6.42 Å². The lowest BCUT2D eigenvalue weighted by Crippen LogP contribution is -2.36. The molecule has 0 spiro atoms. The lowest BCUT2D eigenvalue weighted by Gasteiger charge is -2.16. The standard InChI is InChI=1S/C14H22F2N2O/c1-2-14(9-19)18-4-3-13(17)7-10-5-11(15)8-12(16)6-10/h5-6,8,13-14,18-19H,2-4,7,9,17H2,1H3/t13-,14+/m1/s1. The number of nitrogens with one attached hydrogen (secondary N) is 1. The summed E-state index contributed by atoms with van der Waals surface area (Å²) in [7, 11) is 0. The van der Waals surface area contributed by atoms with Gasteiger partial charge in [-0.15, -0.1) is 0 Å². The number of halogens is 2. The Morgan fingerprint density at radius 1 is 1.26 bits per heavy atom. The van der Waals surface area contributed by atoms with E-state index in [0.717, 1.165) is 12.5 Å². The van der Waals surface area contributed by atoms with Crippen molar-refractivity contribution in [2.45, 2.75) is 38.3 Å². The highest BCUT2D eigenvalue weighted by molar-refractivity contribution is 5.18. The van der Waals surface area contributed by atoms with Crippen molar-refractivity contribution in [3.8, 4) is 0 Å². The van der Waals surface area contributed by atoms with Crippen LogP contribution in [0.15, 0.2) is 18.2 Å². The van der Waals surface area contributed by atoms with E-state index in [0.29, 0.717) is 24.9 Å². The van der Waals surface area contributed by atoms with Crippen LogP contribution in [0.1, 0.15) is 25.3 Å². The Bertz CT molecular complexity index is 363. The number of hydrogen-bond donors (Lipinski definition) is 3. The van der Waals surface area contributed by atoms with Gasteiger partial charge in [0, 0.05) is 18.2 Å². The van der Waals surface area contributed by atoms with Gasteiger partial charge in [-0.2, -0.15) is 0 Å². The fourth-order valence-electron chi connectivity index (χ4n) is 1.94. The maximum atomic E-state index is 13.0. The average molecular weight is 272 g/mol. The molecule has 2 atom stereocenters. The fraction of sp³-hybridized carbons (Fsp3) is 0.571. The molecule has 0 radical (unpaired) electrons. The number of aliphatic hydroxyl groups excluding tert-OH is 1. The molecule has 108 valence electrons. The van der Waals surface area contributed by atoms with Gasteiger partial charge >= 0.3 is 0 Å². The molecule has 1 rings (SSSR count). The predicted molar refractivity (Wildman–Crippen MR) is 71.8 cm³/mol. The van der Waals surface area contributed by atoms with Crippen LogP contribution in [0.4, 0.5) is 8.78 Å². The lowest BCUT2D eigenvalue weighted by molar-refractivity contribution is 0.238. The molecule has 0 bridgehead atoms. The highest BCUT2D eigenvalue weighted by Crippen LogP contribution is 2.10. The smallest absolute Gasteiger partial charge is 0.126 e. The number of nitrogens with two attached hydrogens (primary N) is 1. The number of aliphatic hydroxyl groups is 1. The number of benzene rings is 1. The van der Waals surface area contributed by atoms with Crippen molar-refractivity contribution < 1.29 is 13.9 Å². The molecule has 0 aliphatic rings. The minimum absolute atomic E-state index is 0.0822. The number of rotatable bonds is 8. The van der Waals surface area contributed by atoms with E-state index in [9.17, 15) is 8.78 Å². The van der Waals surface area contributed by atoms with Crippen LogP contribution >= 0.6 is 0 Å². The van der Waals surface area contributed by atoms with E-state index in [4.69, 9.17) is 10.8 Å². The number of hydrogen-bond acceptors (Lipinski definition) is 3. The van der Waals surface area contributed by atoms with Crippen LogP contribution in [0.2, 0.25) is 0 Å². The zero-order valence-electron chi connectivity index (χ0n) is 11.2. The summed E-state index contributed by atoms with van der Waals surface area (Å²) in [6.45, 7) is 2.77. The normalized spacial score (nSPS) is 14.4. The van der Waals surface area contributed by atoms with Crippen LogP contribution in [0.25, 0.3) is 0 Å². The summed E-state index contributed by atoms with van der Waals surface area (Å²) in [6.07, 6.45) is 1.97. The minimum Gasteiger partial charge on any atom is -0.395 e. The molecule has 0 unspecified atom stereocenters. The van der Waals surface area contributed by atoms with Gasteiger partial charge in [0.1, 0.15) is 11.6 Å². The average Bonchev–Trinajstić information content (AvgIpc) is 2.33. The molecule has 1 aromatic rings. The Morgan fingerprint density at radius 2 is 1.89 bits per heavy atom. The van der Waals surface area contributed by atoms with Crippen LogP contribution in [0, 0.1) is 11.6 Å². The van der Waals surface area contributed by atoms with Crippen LogP contribution in [-0.4, -0.2) is 30.3 Å². The van der Waals surface area contributed by atoms with Gasteiger partial charge in [-0.25, -0.2) is 8.78 Å². The van der Waals surface area contributed by atoms with E-state index in [-0.39, 0.29) is 18.7 Å². The summed E-state index contributed by atoms with van der Waals surface area (Å²) in [4.78, 5) is 0. The van der Waals surface area contributed by atoms with Gasteiger partial charge in [-0.3, -0.25) is 0 Å². The van der Waals surface area contributed by atoms with Gasteiger partial charge in [-0.1, -0.05) is 6.92 Å². The summed E-state index contributed by atoms with van der Waals surface area (Å²) >= 11 is 0. The van der Waals surface area contributed by atoms with Gasteiger partial charge in [0.25, 0.3) is 0 Å². The summed E-state index contributed by atoms with van der Waals surface area (Å²) in [5.41, 5.74) is 6.50. The second kappa shape index (κ2) is 8.19. The molecule has 0 fully saturated rings. The Kier molecular flexibility index (Phi) is 6.91. The van der Waals surface area contributed by atoms with Crippen molar-refractivity contribution in [1.29, 1.82) is 0 Å². The molecule has 0 saturated carbocycles. The Hall–Kier alpha value is -1.04. The van der Waals surface area contributed by atoms with Gasteiger partial charge < -0.3 is 16.2 Å². The first kappa shape index (κ1) is 16.0. The summed E-state index contributed by atoms with van der Waals surface area (Å²) in [5, 5.41) is 12.2. The van der Waals surface area contributed by atoms with E-state index in [1.807, 2.05) is 6.92 Å². The zero-order chi connectivity index (χ0) is 14.3. The predicted octanol–water partition coefficient (Wildman–Crippen LogP) is 1.59. The molecule has 3 nitrogen and oxygen atoms in total. The molecule has 19 heavy (non-hydrogen) atoms. The Balaban J connectivity index is 2.36. The molecule has 1 aromatic carbocycles. The third-order valence-electron chi connectivity index (χ3n) is 3.08. The Morgan fingerprint density at radius 3 is 2.42 bits per heavy atom. The first-order valence-electron chi connectivity index (χ1n) is 6.60. The van der Waals surface area contributed by atoms with E-state index in [2.05, 4.69) is 5.32 Å². The molecule has 0 heterocycles. The van der Waals surface area contributed by atoms with Gasteiger partial charge in [0.05, 0.1) is 6.61 Å². The first-order valence-corrected chi connectivity index (χ1v) is 6.60. The van der Waals surface area contributed by atoms with Crippen LogP contribution in [0.5, 0.6) is 0 Å². The topological polar surface area (TPSA) is 58.3 Å². The molecule has 0 aromatic heterocycles. The second-order valence-electron chi connectivity index (χ2n) is 4.77. The molecular weight excluding hydrogens is 250 g/mol. The minimum atomic E-state index is -0.577. The zero-order valence-corrected chi connectivity index (χ0v) is 11.2. The van der Waals surface area contributed by atoms with Gasteiger partial charge in [0.2, 0.25) is 0 Å².